The summed E-state index contributed by atoms with van der Waals surface area (Å²) >= 11 is 1.16. The van der Waals surface area contributed by atoms with Crippen LogP contribution in [0.1, 0.15) is 0 Å². The Kier molecular flexibility index (Phi) is 6.78. The van der Waals surface area contributed by atoms with Crippen molar-refractivity contribution in [1.82, 2.24) is 15.2 Å². The van der Waals surface area contributed by atoms with E-state index in [4.69, 9.17) is 5.14 Å². The number of nitrogens with two attached hydrogens (primary N) is 1. The van der Waals surface area contributed by atoms with Gasteiger partial charge in [0.1, 0.15) is 11.4 Å². The van der Waals surface area contributed by atoms with Crippen LogP contribution in [0.25, 0.3) is 22.5 Å². The van der Waals surface area contributed by atoms with Crippen molar-refractivity contribution < 1.29 is 13.2 Å². The van der Waals surface area contributed by atoms with E-state index in [1.165, 1.54) is 24.3 Å². The highest BCUT2D eigenvalue weighted by Gasteiger charge is 2.15. The van der Waals surface area contributed by atoms with Crippen LogP contribution < -0.4 is 10.5 Å². The molecule has 0 saturated carbocycles. The standard InChI is InChI=1S/C23H19N5O3S2/c24-33(30,31)19-13-11-18(12-14-19)25-20(29)15-32-23-26-21(16-7-3-1-4-8-16)22(27-28-23)17-9-5-2-6-10-17/h1-14H,15H2,(H,25,29)(H2,24,30,31). The third kappa shape index (κ3) is 5.80. The summed E-state index contributed by atoms with van der Waals surface area (Å²) in [5, 5.41) is 16.7. The Hall–Kier alpha value is -3.60. The molecule has 166 valence electrons. The second kappa shape index (κ2) is 9.90. The maximum atomic E-state index is 12.4. The highest BCUT2D eigenvalue weighted by Crippen LogP contribution is 2.29. The number of primary sulfonamides is 1. The fourth-order valence-corrected chi connectivity index (χ4v) is 4.12. The van der Waals surface area contributed by atoms with Gasteiger partial charge in [0.2, 0.25) is 21.1 Å². The van der Waals surface area contributed by atoms with E-state index < -0.39 is 10.0 Å². The molecule has 3 N–H and O–H groups in total. The summed E-state index contributed by atoms with van der Waals surface area (Å²) in [4.78, 5) is 17.0. The van der Waals surface area contributed by atoms with Crippen molar-refractivity contribution in [1.29, 1.82) is 0 Å². The SMILES string of the molecule is NS(=O)(=O)c1ccc(NC(=O)CSc2nnc(-c3ccccc3)c(-c3ccccc3)n2)cc1. The summed E-state index contributed by atoms with van der Waals surface area (Å²) in [6, 6.07) is 25.0. The van der Waals surface area contributed by atoms with E-state index in [1.807, 2.05) is 60.7 Å². The molecule has 1 amide bonds. The molecule has 33 heavy (non-hydrogen) atoms. The van der Waals surface area contributed by atoms with Crippen LogP contribution in [0.4, 0.5) is 5.69 Å². The summed E-state index contributed by atoms with van der Waals surface area (Å²) in [7, 11) is -3.79. The lowest BCUT2D eigenvalue weighted by atomic mass is 10.0. The van der Waals surface area contributed by atoms with E-state index in [1.54, 1.807) is 0 Å². The van der Waals surface area contributed by atoms with Gasteiger partial charge in [0.15, 0.2) is 0 Å². The number of nitrogens with zero attached hydrogens (tertiary/aromatic N) is 3. The largest absolute Gasteiger partial charge is 0.325 e. The fraction of sp³-hybridized carbons (Fsp3) is 0.0435. The average molecular weight is 478 g/mol. The lowest BCUT2D eigenvalue weighted by molar-refractivity contribution is -0.113. The molecule has 0 atom stereocenters. The van der Waals surface area contributed by atoms with Gasteiger partial charge in [-0.05, 0) is 24.3 Å². The number of hydrogen-bond donors (Lipinski definition) is 2. The molecular formula is C23H19N5O3S2. The maximum absolute atomic E-state index is 12.4. The molecule has 1 heterocycles. The van der Waals surface area contributed by atoms with E-state index in [9.17, 15) is 13.2 Å². The molecule has 10 heteroatoms. The van der Waals surface area contributed by atoms with E-state index in [2.05, 4.69) is 20.5 Å². The second-order valence-corrected chi connectivity index (χ2v) is 9.43. The number of aromatic nitrogens is 3. The molecule has 0 aliphatic carbocycles. The molecule has 0 unspecified atom stereocenters. The monoisotopic (exact) mass is 477 g/mol. The highest BCUT2D eigenvalue weighted by atomic mass is 32.2. The lowest BCUT2D eigenvalue weighted by Crippen LogP contribution is -2.15. The first-order chi connectivity index (χ1) is 15.9. The van der Waals surface area contributed by atoms with Crippen molar-refractivity contribution in [3.8, 4) is 22.5 Å². The Morgan fingerprint density at radius 1 is 0.818 bits per heavy atom. The molecule has 0 radical (unpaired) electrons. The third-order valence-corrected chi connectivity index (χ3v) is 6.33. The van der Waals surface area contributed by atoms with Crippen molar-refractivity contribution in [2.24, 2.45) is 5.14 Å². The quantitative estimate of drug-likeness (QED) is 0.389. The topological polar surface area (TPSA) is 128 Å². The molecule has 0 bridgehead atoms. The third-order valence-electron chi connectivity index (χ3n) is 4.56. The van der Waals surface area contributed by atoms with E-state index in [0.29, 0.717) is 22.2 Å². The molecule has 1 aromatic heterocycles. The minimum absolute atomic E-state index is 0.0266. The molecule has 0 aliphatic heterocycles. The lowest BCUT2D eigenvalue weighted by Gasteiger charge is -2.09. The zero-order valence-electron chi connectivity index (χ0n) is 17.3. The predicted octanol–water partition coefficient (Wildman–Crippen LogP) is 3.58. The van der Waals surface area contributed by atoms with Gasteiger partial charge in [-0.25, -0.2) is 18.5 Å². The number of carbonyl (C=O) groups is 1. The predicted molar refractivity (Wildman–Crippen MR) is 128 cm³/mol. The zero-order valence-corrected chi connectivity index (χ0v) is 18.9. The molecule has 4 aromatic rings. The Morgan fingerprint density at radius 3 is 1.97 bits per heavy atom. The number of rotatable bonds is 7. The van der Waals surface area contributed by atoms with Gasteiger partial charge in [-0.3, -0.25) is 4.79 Å². The van der Waals surface area contributed by atoms with Crippen LogP contribution >= 0.6 is 11.8 Å². The molecule has 0 fully saturated rings. The second-order valence-electron chi connectivity index (χ2n) is 6.93. The number of hydrogen-bond acceptors (Lipinski definition) is 7. The summed E-state index contributed by atoms with van der Waals surface area (Å²) < 4.78 is 22.7. The van der Waals surface area contributed by atoms with Crippen molar-refractivity contribution in [3.63, 3.8) is 0 Å². The van der Waals surface area contributed by atoms with Crippen LogP contribution in [0, 0.1) is 0 Å². The Morgan fingerprint density at radius 2 is 1.39 bits per heavy atom. The number of benzene rings is 3. The van der Waals surface area contributed by atoms with Gasteiger partial charge in [-0.1, -0.05) is 72.4 Å². The van der Waals surface area contributed by atoms with Gasteiger partial charge >= 0.3 is 0 Å². The van der Waals surface area contributed by atoms with Crippen LogP contribution in [-0.2, 0) is 14.8 Å². The zero-order chi connectivity index (χ0) is 23.3. The smallest absolute Gasteiger partial charge is 0.238 e. The maximum Gasteiger partial charge on any atom is 0.238 e. The van der Waals surface area contributed by atoms with Crippen LogP contribution in [0.2, 0.25) is 0 Å². The average Bonchev–Trinajstić information content (AvgIpc) is 2.83. The summed E-state index contributed by atoms with van der Waals surface area (Å²) in [5.74, 6) is -0.238. The molecule has 3 aromatic carbocycles. The Balaban J connectivity index is 1.50. The van der Waals surface area contributed by atoms with Crippen molar-refractivity contribution in [3.05, 3.63) is 84.9 Å². The van der Waals surface area contributed by atoms with Gasteiger partial charge in [-0.15, -0.1) is 10.2 Å². The van der Waals surface area contributed by atoms with Crippen LogP contribution in [0.3, 0.4) is 0 Å². The number of nitrogens with one attached hydrogen (secondary N) is 1. The number of amides is 1. The number of thioether (sulfide) groups is 1. The Labute approximate surface area is 195 Å². The Bertz CT molecular complexity index is 1360. The first-order valence-electron chi connectivity index (χ1n) is 9.81. The first-order valence-corrected chi connectivity index (χ1v) is 12.3. The van der Waals surface area contributed by atoms with Crippen molar-refractivity contribution in [2.45, 2.75) is 10.1 Å². The highest BCUT2D eigenvalue weighted by molar-refractivity contribution is 7.99. The minimum Gasteiger partial charge on any atom is -0.325 e. The van der Waals surface area contributed by atoms with Gasteiger partial charge in [0, 0.05) is 16.8 Å². The first kappa shape index (κ1) is 22.6. The molecule has 0 saturated heterocycles. The molecule has 0 aliphatic rings. The van der Waals surface area contributed by atoms with Crippen molar-refractivity contribution >= 4 is 33.4 Å². The van der Waals surface area contributed by atoms with Crippen molar-refractivity contribution in [2.75, 3.05) is 11.1 Å². The van der Waals surface area contributed by atoms with Gasteiger partial charge in [-0.2, -0.15) is 0 Å². The van der Waals surface area contributed by atoms with Crippen LogP contribution in [-0.4, -0.2) is 35.3 Å². The van der Waals surface area contributed by atoms with E-state index in [-0.39, 0.29) is 16.6 Å². The summed E-state index contributed by atoms with van der Waals surface area (Å²) in [6.07, 6.45) is 0. The number of anilines is 1. The number of carbonyl (C=O) groups excluding carboxylic acids is 1. The van der Waals surface area contributed by atoms with Gasteiger partial charge in [0.25, 0.3) is 0 Å². The van der Waals surface area contributed by atoms with Gasteiger partial charge < -0.3 is 5.32 Å². The van der Waals surface area contributed by atoms with Crippen LogP contribution in [0.5, 0.6) is 0 Å². The van der Waals surface area contributed by atoms with Gasteiger partial charge in [0.05, 0.1) is 10.6 Å². The number of sulfonamides is 1. The molecule has 8 nitrogen and oxygen atoms in total. The van der Waals surface area contributed by atoms with E-state index >= 15 is 0 Å². The van der Waals surface area contributed by atoms with E-state index in [0.717, 1.165) is 22.9 Å². The fourth-order valence-electron chi connectivity index (χ4n) is 3.02. The molecule has 4 rings (SSSR count). The van der Waals surface area contributed by atoms with Crippen LogP contribution in [0.15, 0.2) is 95.0 Å². The molecule has 0 spiro atoms. The summed E-state index contributed by atoms with van der Waals surface area (Å²) in [6.45, 7) is 0. The summed E-state index contributed by atoms with van der Waals surface area (Å²) in [5.41, 5.74) is 3.58. The minimum atomic E-state index is -3.79. The normalized spacial score (nSPS) is 11.2. The molecular weight excluding hydrogens is 458 g/mol.